The average molecular weight is 357 g/mol. The Balaban J connectivity index is 1.28. The van der Waals surface area contributed by atoms with Gasteiger partial charge in [-0.1, -0.05) is 12.1 Å². The van der Waals surface area contributed by atoms with E-state index in [1.54, 1.807) is 17.5 Å². The number of pyridine rings is 1. The Kier molecular flexibility index (Phi) is 5.10. The second kappa shape index (κ2) is 7.64. The minimum atomic E-state index is -0.319. The molecule has 3 atom stereocenters. The quantitative estimate of drug-likeness (QED) is 0.893. The Morgan fingerprint density at radius 1 is 1.36 bits per heavy atom. The fourth-order valence-corrected chi connectivity index (χ4v) is 4.47. The molecule has 2 aliphatic heterocycles. The first-order valence-corrected chi connectivity index (χ1v) is 9.74. The Bertz CT molecular complexity index is 692. The van der Waals surface area contributed by atoms with Crippen LogP contribution in [0.15, 0.2) is 41.9 Å². The van der Waals surface area contributed by atoms with E-state index in [1.165, 1.54) is 4.88 Å². The van der Waals surface area contributed by atoms with Gasteiger partial charge in [-0.15, -0.1) is 11.3 Å². The van der Waals surface area contributed by atoms with Crippen LogP contribution < -0.4 is 5.32 Å². The highest BCUT2D eigenvalue weighted by atomic mass is 32.1. The number of nitrogens with one attached hydrogen (secondary N) is 1. The molecule has 0 unspecified atom stereocenters. The van der Waals surface area contributed by atoms with E-state index in [0.717, 1.165) is 38.2 Å². The molecular weight excluding hydrogens is 334 g/mol. The lowest BCUT2D eigenvalue weighted by Gasteiger charge is -2.33. The van der Waals surface area contributed by atoms with Gasteiger partial charge in [0.1, 0.15) is 6.10 Å². The van der Waals surface area contributed by atoms with Crippen molar-refractivity contribution < 1.29 is 9.53 Å². The van der Waals surface area contributed by atoms with Crippen molar-refractivity contribution in [2.45, 2.75) is 38.1 Å². The number of rotatable bonds is 5. The first kappa shape index (κ1) is 16.7. The van der Waals surface area contributed by atoms with Gasteiger partial charge in [-0.05, 0) is 48.9 Å². The fraction of sp³-hybridized carbons (Fsp3) is 0.474. The number of hydrogen-bond acceptors (Lipinski definition) is 5. The minimum Gasteiger partial charge on any atom is -0.364 e. The molecule has 6 heteroatoms. The second-order valence-corrected chi connectivity index (χ2v) is 7.83. The first-order valence-electron chi connectivity index (χ1n) is 8.86. The van der Waals surface area contributed by atoms with E-state index in [-0.39, 0.29) is 18.1 Å². The summed E-state index contributed by atoms with van der Waals surface area (Å²) in [6.07, 6.45) is 3.55. The molecule has 1 N–H and O–H groups in total. The van der Waals surface area contributed by atoms with Crippen LogP contribution in [0.1, 0.15) is 23.4 Å². The normalized spacial score (nSPS) is 26.3. The van der Waals surface area contributed by atoms with Crippen LogP contribution in [0.4, 0.5) is 0 Å². The van der Waals surface area contributed by atoms with Gasteiger partial charge in [0.05, 0.1) is 18.3 Å². The molecule has 0 radical (unpaired) electrons. The Morgan fingerprint density at radius 2 is 2.32 bits per heavy atom. The van der Waals surface area contributed by atoms with E-state index >= 15 is 0 Å². The number of piperidine rings is 1. The molecule has 4 rings (SSSR count). The van der Waals surface area contributed by atoms with E-state index in [4.69, 9.17) is 4.74 Å². The molecule has 4 heterocycles. The van der Waals surface area contributed by atoms with E-state index in [2.05, 4.69) is 32.7 Å². The summed E-state index contributed by atoms with van der Waals surface area (Å²) in [5.41, 5.74) is 0.869. The van der Waals surface area contributed by atoms with Crippen LogP contribution in [0, 0.1) is 5.92 Å². The number of aromatic nitrogens is 1. The van der Waals surface area contributed by atoms with Crippen LogP contribution in [0.2, 0.25) is 0 Å². The topological polar surface area (TPSA) is 54.5 Å². The summed E-state index contributed by atoms with van der Waals surface area (Å²) in [6.45, 7) is 3.46. The largest absolute Gasteiger partial charge is 0.364 e. The minimum absolute atomic E-state index is 0.00939. The zero-order chi connectivity index (χ0) is 17.1. The van der Waals surface area contributed by atoms with Gasteiger partial charge in [-0.3, -0.25) is 14.7 Å². The van der Waals surface area contributed by atoms with Crippen molar-refractivity contribution in [3.05, 3.63) is 52.5 Å². The maximum atomic E-state index is 12.4. The van der Waals surface area contributed by atoms with E-state index in [1.807, 2.05) is 18.2 Å². The van der Waals surface area contributed by atoms with Crippen LogP contribution >= 0.6 is 11.3 Å². The first-order chi connectivity index (χ1) is 12.3. The molecule has 0 aromatic carbocycles. The van der Waals surface area contributed by atoms with Crippen molar-refractivity contribution in [2.24, 2.45) is 5.92 Å². The molecule has 2 saturated heterocycles. The highest BCUT2D eigenvalue weighted by Gasteiger charge is 2.41. The summed E-state index contributed by atoms with van der Waals surface area (Å²) in [5, 5.41) is 5.08. The van der Waals surface area contributed by atoms with E-state index in [9.17, 15) is 4.79 Å². The predicted octanol–water partition coefficient (Wildman–Crippen LogP) is 2.44. The molecule has 0 bridgehead atoms. The third-order valence-corrected chi connectivity index (χ3v) is 5.92. The summed E-state index contributed by atoms with van der Waals surface area (Å²) in [7, 11) is 0. The van der Waals surface area contributed by atoms with Crippen LogP contribution in [-0.4, -0.2) is 41.1 Å². The summed E-state index contributed by atoms with van der Waals surface area (Å²) in [6, 6.07) is 9.99. The smallest absolute Gasteiger partial charge is 0.249 e. The van der Waals surface area contributed by atoms with Gasteiger partial charge in [0.25, 0.3) is 0 Å². The van der Waals surface area contributed by atoms with Crippen molar-refractivity contribution in [3.63, 3.8) is 0 Å². The van der Waals surface area contributed by atoms with Crippen molar-refractivity contribution in [1.29, 1.82) is 0 Å². The lowest BCUT2D eigenvalue weighted by atomic mass is 9.91. The van der Waals surface area contributed by atoms with Crippen LogP contribution in [0.3, 0.4) is 0 Å². The summed E-state index contributed by atoms with van der Waals surface area (Å²) >= 11 is 1.80. The summed E-state index contributed by atoms with van der Waals surface area (Å²) in [5.74, 6) is 0.495. The van der Waals surface area contributed by atoms with Gasteiger partial charge in [0, 0.05) is 24.2 Å². The molecule has 1 amide bonds. The fourth-order valence-electron chi connectivity index (χ4n) is 3.72. The van der Waals surface area contributed by atoms with Gasteiger partial charge in [-0.25, -0.2) is 0 Å². The van der Waals surface area contributed by atoms with E-state index in [0.29, 0.717) is 12.5 Å². The van der Waals surface area contributed by atoms with Crippen molar-refractivity contribution in [2.75, 3.05) is 13.1 Å². The van der Waals surface area contributed by atoms with Crippen LogP contribution in [0.5, 0.6) is 0 Å². The lowest BCUT2D eigenvalue weighted by Crippen LogP contribution is -2.42. The number of amides is 1. The lowest BCUT2D eigenvalue weighted by molar-refractivity contribution is -0.133. The monoisotopic (exact) mass is 357 g/mol. The highest BCUT2D eigenvalue weighted by molar-refractivity contribution is 7.09. The van der Waals surface area contributed by atoms with Crippen molar-refractivity contribution >= 4 is 17.2 Å². The van der Waals surface area contributed by atoms with Crippen LogP contribution in [-0.2, 0) is 22.6 Å². The average Bonchev–Trinajstić information content (AvgIpc) is 3.30. The number of thiophene rings is 1. The molecule has 25 heavy (non-hydrogen) atoms. The van der Waals surface area contributed by atoms with E-state index < -0.39 is 0 Å². The summed E-state index contributed by atoms with van der Waals surface area (Å²) in [4.78, 5) is 20.5. The van der Waals surface area contributed by atoms with Crippen molar-refractivity contribution in [3.8, 4) is 0 Å². The van der Waals surface area contributed by atoms with Gasteiger partial charge < -0.3 is 10.1 Å². The van der Waals surface area contributed by atoms with Gasteiger partial charge >= 0.3 is 0 Å². The molecule has 0 aliphatic carbocycles. The number of fused-ring (bicyclic) bond motifs is 1. The zero-order valence-corrected chi connectivity index (χ0v) is 15.0. The third kappa shape index (κ3) is 4.08. The van der Waals surface area contributed by atoms with Gasteiger partial charge in [-0.2, -0.15) is 0 Å². The maximum Gasteiger partial charge on any atom is 0.249 e. The number of likely N-dealkylation sites (tertiary alicyclic amines) is 1. The molecule has 2 aromatic rings. The third-order valence-electron chi connectivity index (χ3n) is 5.06. The molecule has 132 valence electrons. The molecule has 0 saturated carbocycles. The highest BCUT2D eigenvalue weighted by Crippen LogP contribution is 2.34. The number of nitrogens with zero attached hydrogens (tertiary/aromatic N) is 2. The van der Waals surface area contributed by atoms with Gasteiger partial charge in [0.15, 0.2) is 0 Å². The van der Waals surface area contributed by atoms with Crippen molar-refractivity contribution in [1.82, 2.24) is 15.2 Å². The molecule has 2 aliphatic rings. The number of ether oxygens (including phenoxy) is 1. The molecule has 2 fully saturated rings. The maximum absolute atomic E-state index is 12.4. The van der Waals surface area contributed by atoms with Crippen LogP contribution in [0.25, 0.3) is 0 Å². The molecular formula is C19H23N3O2S. The SMILES string of the molecule is O=C(NCc1ccccn1)[C@H]1C[C@@H]2CCN(Cc3cccs3)C[C@@H]2O1. The second-order valence-electron chi connectivity index (χ2n) is 6.80. The Labute approximate surface area is 152 Å². The molecule has 0 spiro atoms. The number of carbonyl (C=O) groups excluding carboxylic acids is 1. The molecule has 5 nitrogen and oxygen atoms in total. The summed E-state index contributed by atoms with van der Waals surface area (Å²) < 4.78 is 6.09. The van der Waals surface area contributed by atoms with Gasteiger partial charge in [0.2, 0.25) is 5.91 Å². The zero-order valence-electron chi connectivity index (χ0n) is 14.1. The Morgan fingerprint density at radius 3 is 3.12 bits per heavy atom. The standard InChI is InChI=1S/C19H23N3O2S/c23-19(21-11-15-4-1-2-7-20-15)17-10-14-6-8-22(13-18(14)24-17)12-16-5-3-9-25-16/h1-5,7,9,14,17-18H,6,8,10-13H2,(H,21,23)/t14-,17+,18-/m0/s1. The molecule has 2 aromatic heterocycles. The Hall–Kier alpha value is -1.76. The number of carbonyl (C=O) groups is 1. The predicted molar refractivity (Wildman–Crippen MR) is 97.1 cm³/mol. The number of hydrogen-bond donors (Lipinski definition) is 1.